The molecule has 20 heavy (non-hydrogen) atoms. The number of rotatable bonds is 6. The molecule has 0 heterocycles. The summed E-state index contributed by atoms with van der Waals surface area (Å²) in [6, 6.07) is 19.1. The lowest BCUT2D eigenvalue weighted by atomic mass is 10.1. The molecule has 2 nitrogen and oxygen atoms in total. The fourth-order valence-electron chi connectivity index (χ4n) is 2.58. The molecular weight excluding hydrogens is 244 g/mol. The number of anilines is 1. The maximum Gasteiger partial charge on any atom is 0.0396 e. The summed E-state index contributed by atoms with van der Waals surface area (Å²) in [5.74, 6) is 0. The Morgan fingerprint density at radius 3 is 2.30 bits per heavy atom. The van der Waals surface area contributed by atoms with Crippen LogP contribution in [0, 0.1) is 6.92 Å². The highest BCUT2D eigenvalue weighted by Gasteiger charge is 2.12. The van der Waals surface area contributed by atoms with E-state index < -0.39 is 0 Å². The van der Waals surface area contributed by atoms with E-state index in [1.165, 1.54) is 16.8 Å². The second-order valence-electron chi connectivity index (χ2n) is 5.27. The second-order valence-corrected chi connectivity index (χ2v) is 5.27. The van der Waals surface area contributed by atoms with Crippen LogP contribution in [0.3, 0.4) is 0 Å². The molecule has 0 saturated heterocycles. The number of para-hydroxylation sites is 1. The smallest absolute Gasteiger partial charge is 0.0396 e. The number of hydrogen-bond acceptors (Lipinski definition) is 2. The summed E-state index contributed by atoms with van der Waals surface area (Å²) in [6.45, 7) is 6.20. The molecule has 0 saturated carbocycles. The van der Waals surface area contributed by atoms with Crippen LogP contribution >= 0.6 is 0 Å². The Labute approximate surface area is 122 Å². The summed E-state index contributed by atoms with van der Waals surface area (Å²) >= 11 is 0. The van der Waals surface area contributed by atoms with Gasteiger partial charge < -0.3 is 10.6 Å². The molecular formula is C18H24N2. The van der Waals surface area contributed by atoms with E-state index in [2.05, 4.69) is 67.3 Å². The summed E-state index contributed by atoms with van der Waals surface area (Å²) in [5.41, 5.74) is 10.2. The van der Waals surface area contributed by atoms with Gasteiger partial charge in [-0.15, -0.1) is 0 Å². The third-order valence-electron chi connectivity index (χ3n) is 3.63. The Hall–Kier alpha value is -1.80. The van der Waals surface area contributed by atoms with Crippen molar-refractivity contribution in [2.45, 2.75) is 26.3 Å². The molecule has 0 radical (unpaired) electrons. The molecule has 0 spiro atoms. The molecule has 2 aromatic rings. The van der Waals surface area contributed by atoms with Gasteiger partial charge in [0.15, 0.2) is 0 Å². The first-order chi connectivity index (χ1) is 9.70. The van der Waals surface area contributed by atoms with Crippen molar-refractivity contribution in [2.24, 2.45) is 5.73 Å². The molecule has 2 aromatic carbocycles. The zero-order valence-corrected chi connectivity index (χ0v) is 12.4. The molecule has 1 atom stereocenters. The van der Waals surface area contributed by atoms with Crippen molar-refractivity contribution in [3.8, 4) is 0 Å². The van der Waals surface area contributed by atoms with E-state index in [9.17, 15) is 0 Å². The van der Waals surface area contributed by atoms with E-state index in [0.717, 1.165) is 19.5 Å². The third-order valence-corrected chi connectivity index (χ3v) is 3.63. The second kappa shape index (κ2) is 7.11. The molecule has 0 bridgehead atoms. The van der Waals surface area contributed by atoms with Crippen molar-refractivity contribution >= 4 is 5.69 Å². The minimum absolute atomic E-state index is 0.150. The van der Waals surface area contributed by atoms with Crippen LogP contribution in [0.15, 0.2) is 54.6 Å². The van der Waals surface area contributed by atoms with Gasteiger partial charge in [0, 0.05) is 24.8 Å². The van der Waals surface area contributed by atoms with E-state index in [1.54, 1.807) is 0 Å². The van der Waals surface area contributed by atoms with Crippen molar-refractivity contribution in [1.29, 1.82) is 0 Å². The van der Waals surface area contributed by atoms with Gasteiger partial charge in [-0.05, 0) is 37.5 Å². The highest BCUT2D eigenvalue weighted by Crippen LogP contribution is 2.19. The van der Waals surface area contributed by atoms with E-state index >= 15 is 0 Å². The molecule has 1 unspecified atom stereocenters. The van der Waals surface area contributed by atoms with Crippen molar-refractivity contribution in [2.75, 3.05) is 18.0 Å². The lowest BCUT2D eigenvalue weighted by Crippen LogP contribution is -2.39. The first-order valence-electron chi connectivity index (χ1n) is 7.30. The van der Waals surface area contributed by atoms with E-state index in [4.69, 9.17) is 5.73 Å². The SMILES string of the molecule is CCN(CC(N)Cc1ccccc1)c1ccccc1C. The fourth-order valence-corrected chi connectivity index (χ4v) is 2.58. The Balaban J connectivity index is 2.01. The predicted octanol–water partition coefficient (Wildman–Crippen LogP) is 3.39. The van der Waals surface area contributed by atoms with Gasteiger partial charge in [-0.3, -0.25) is 0 Å². The quantitative estimate of drug-likeness (QED) is 0.870. The summed E-state index contributed by atoms with van der Waals surface area (Å²) in [5, 5.41) is 0. The molecule has 2 N–H and O–H groups in total. The first kappa shape index (κ1) is 14.6. The molecule has 0 fully saturated rings. The summed E-state index contributed by atoms with van der Waals surface area (Å²) in [4.78, 5) is 2.36. The first-order valence-corrected chi connectivity index (χ1v) is 7.30. The van der Waals surface area contributed by atoms with Crippen LogP contribution in [-0.4, -0.2) is 19.1 Å². The minimum Gasteiger partial charge on any atom is -0.370 e. The minimum atomic E-state index is 0.150. The number of likely N-dealkylation sites (N-methyl/N-ethyl adjacent to an activating group) is 1. The Kier molecular flexibility index (Phi) is 5.19. The molecule has 0 aromatic heterocycles. The average molecular weight is 268 g/mol. The fraction of sp³-hybridized carbons (Fsp3) is 0.333. The Morgan fingerprint density at radius 2 is 1.65 bits per heavy atom. The van der Waals surface area contributed by atoms with Crippen LogP contribution in [0.1, 0.15) is 18.1 Å². The molecule has 2 heteroatoms. The van der Waals surface area contributed by atoms with Crippen molar-refractivity contribution < 1.29 is 0 Å². The van der Waals surface area contributed by atoms with Gasteiger partial charge in [-0.1, -0.05) is 48.5 Å². The molecule has 2 rings (SSSR count). The van der Waals surface area contributed by atoms with Gasteiger partial charge >= 0.3 is 0 Å². The molecule has 0 aliphatic heterocycles. The lowest BCUT2D eigenvalue weighted by Gasteiger charge is -2.28. The molecule has 106 valence electrons. The zero-order valence-electron chi connectivity index (χ0n) is 12.4. The highest BCUT2D eigenvalue weighted by atomic mass is 15.1. The van der Waals surface area contributed by atoms with Crippen molar-refractivity contribution in [1.82, 2.24) is 0 Å². The van der Waals surface area contributed by atoms with Crippen LogP contribution in [0.2, 0.25) is 0 Å². The van der Waals surface area contributed by atoms with Crippen LogP contribution in [0.4, 0.5) is 5.69 Å². The monoisotopic (exact) mass is 268 g/mol. The van der Waals surface area contributed by atoms with Gasteiger partial charge in [0.1, 0.15) is 0 Å². The summed E-state index contributed by atoms with van der Waals surface area (Å²) in [6.07, 6.45) is 0.920. The highest BCUT2D eigenvalue weighted by molar-refractivity contribution is 5.53. The van der Waals surface area contributed by atoms with E-state index in [-0.39, 0.29) is 6.04 Å². The normalized spacial score (nSPS) is 12.2. The predicted molar refractivity (Wildman–Crippen MR) is 87.2 cm³/mol. The van der Waals surface area contributed by atoms with Gasteiger partial charge in [-0.2, -0.15) is 0 Å². The number of hydrogen-bond donors (Lipinski definition) is 1. The topological polar surface area (TPSA) is 29.3 Å². The van der Waals surface area contributed by atoms with Gasteiger partial charge in [0.25, 0.3) is 0 Å². The maximum atomic E-state index is 6.33. The maximum absolute atomic E-state index is 6.33. The van der Waals surface area contributed by atoms with Crippen molar-refractivity contribution in [3.05, 3.63) is 65.7 Å². The lowest BCUT2D eigenvalue weighted by molar-refractivity contribution is 0.636. The molecule has 0 aliphatic rings. The summed E-state index contributed by atoms with van der Waals surface area (Å²) < 4.78 is 0. The van der Waals surface area contributed by atoms with Crippen LogP contribution in [0.5, 0.6) is 0 Å². The number of benzene rings is 2. The summed E-state index contributed by atoms with van der Waals surface area (Å²) in [7, 11) is 0. The Bertz CT molecular complexity index is 522. The third kappa shape index (κ3) is 3.84. The van der Waals surface area contributed by atoms with Gasteiger partial charge in [0.2, 0.25) is 0 Å². The van der Waals surface area contributed by atoms with Crippen LogP contribution in [0.25, 0.3) is 0 Å². The molecule has 0 amide bonds. The van der Waals surface area contributed by atoms with Gasteiger partial charge in [-0.25, -0.2) is 0 Å². The van der Waals surface area contributed by atoms with E-state index in [0.29, 0.717) is 0 Å². The van der Waals surface area contributed by atoms with Gasteiger partial charge in [0.05, 0.1) is 0 Å². The standard InChI is InChI=1S/C18H24N2/c1-3-20(18-12-8-7-9-15(18)2)14-17(19)13-16-10-5-4-6-11-16/h4-12,17H,3,13-14,19H2,1-2H3. The van der Waals surface area contributed by atoms with Crippen molar-refractivity contribution in [3.63, 3.8) is 0 Å². The number of nitrogens with two attached hydrogens (primary N) is 1. The number of nitrogens with zero attached hydrogens (tertiary/aromatic N) is 1. The zero-order chi connectivity index (χ0) is 14.4. The average Bonchev–Trinajstić information content (AvgIpc) is 2.46. The Morgan fingerprint density at radius 1 is 1.00 bits per heavy atom. The van der Waals surface area contributed by atoms with Crippen LogP contribution in [-0.2, 0) is 6.42 Å². The van der Waals surface area contributed by atoms with Crippen LogP contribution < -0.4 is 10.6 Å². The largest absolute Gasteiger partial charge is 0.370 e. The number of aryl methyl sites for hydroxylation is 1. The molecule has 0 aliphatic carbocycles. The van der Waals surface area contributed by atoms with E-state index in [1.807, 2.05) is 6.07 Å².